The molecule has 3 aromatic carbocycles. The zero-order valence-corrected chi connectivity index (χ0v) is 19.6. The fourth-order valence-electron chi connectivity index (χ4n) is 3.47. The molecule has 1 aliphatic rings. The molecule has 0 aliphatic carbocycles. The van der Waals surface area contributed by atoms with E-state index in [1.54, 1.807) is 31.4 Å². The largest absolute Gasteiger partial charge is 0.497 e. The van der Waals surface area contributed by atoms with E-state index >= 15 is 0 Å². The summed E-state index contributed by atoms with van der Waals surface area (Å²) in [6, 6.07) is 22.5. The average molecular weight is 507 g/mol. The first-order chi connectivity index (χ1) is 15.5. The Kier molecular flexibility index (Phi) is 6.48. The third-order valence-corrected chi connectivity index (χ3v) is 6.16. The van der Waals surface area contributed by atoms with Crippen LogP contribution in [0.2, 0.25) is 0 Å². The number of thiocarbonyl (C=S) groups is 1. The fourth-order valence-corrected chi connectivity index (χ4v) is 4.18. The smallest absolute Gasteiger partial charge is 0.270 e. The van der Waals surface area contributed by atoms with Gasteiger partial charge in [-0.3, -0.25) is 19.8 Å². The Labute approximate surface area is 199 Å². The van der Waals surface area contributed by atoms with Gasteiger partial charge in [0.1, 0.15) is 11.3 Å². The normalized spacial score (nSPS) is 15.1. The summed E-state index contributed by atoms with van der Waals surface area (Å²) in [5.74, 6) is -0.289. The van der Waals surface area contributed by atoms with Crippen molar-refractivity contribution in [2.24, 2.45) is 0 Å². The Morgan fingerprint density at radius 1 is 1.00 bits per heavy atom. The molecular weight excluding hydrogens is 488 g/mol. The summed E-state index contributed by atoms with van der Waals surface area (Å²) in [5, 5.41) is 2.69. The van der Waals surface area contributed by atoms with Gasteiger partial charge in [0.2, 0.25) is 0 Å². The van der Waals surface area contributed by atoms with E-state index in [9.17, 15) is 9.59 Å². The van der Waals surface area contributed by atoms with Gasteiger partial charge in [0, 0.05) is 4.47 Å². The number of halogens is 1. The van der Waals surface area contributed by atoms with E-state index in [1.807, 2.05) is 54.6 Å². The number of carbonyl (C=O) groups excluding carboxylic acids is 2. The average Bonchev–Trinajstić information content (AvgIpc) is 2.79. The molecule has 2 amide bonds. The molecule has 1 heterocycles. The first kappa shape index (κ1) is 21.9. The molecule has 0 bridgehead atoms. The first-order valence-corrected chi connectivity index (χ1v) is 11.0. The predicted molar refractivity (Wildman–Crippen MR) is 133 cm³/mol. The van der Waals surface area contributed by atoms with Crippen molar-refractivity contribution < 1.29 is 14.3 Å². The molecule has 0 saturated carbocycles. The van der Waals surface area contributed by atoms with Crippen LogP contribution in [-0.4, -0.2) is 24.0 Å². The number of carbonyl (C=O) groups is 2. The molecule has 32 heavy (non-hydrogen) atoms. The van der Waals surface area contributed by atoms with Crippen LogP contribution < -0.4 is 15.0 Å². The molecule has 0 radical (unpaired) electrons. The topological polar surface area (TPSA) is 58.6 Å². The maximum atomic E-state index is 13.3. The maximum Gasteiger partial charge on any atom is 0.270 e. The molecule has 5 nitrogen and oxygen atoms in total. The van der Waals surface area contributed by atoms with Crippen LogP contribution in [0.15, 0.2) is 82.8 Å². The number of rotatable bonds is 5. The van der Waals surface area contributed by atoms with Crippen LogP contribution in [0.3, 0.4) is 0 Å². The summed E-state index contributed by atoms with van der Waals surface area (Å²) in [6.45, 7) is 0. The number of amides is 2. The Morgan fingerprint density at radius 2 is 1.72 bits per heavy atom. The zero-order valence-electron chi connectivity index (χ0n) is 17.2. The van der Waals surface area contributed by atoms with E-state index in [0.29, 0.717) is 17.9 Å². The zero-order chi connectivity index (χ0) is 22.7. The van der Waals surface area contributed by atoms with Crippen LogP contribution in [0.4, 0.5) is 5.69 Å². The van der Waals surface area contributed by atoms with Gasteiger partial charge in [-0.15, -0.1) is 0 Å². The molecule has 0 aromatic heterocycles. The van der Waals surface area contributed by atoms with Gasteiger partial charge in [-0.2, -0.15) is 0 Å². The number of hydrogen-bond acceptors (Lipinski definition) is 4. The monoisotopic (exact) mass is 506 g/mol. The molecule has 0 atom stereocenters. The standard InChI is InChI=1S/C25H19BrN2O3S/c1-31-20-12-11-16(18(14-20)13-17-7-5-6-10-22(17)26)15-21-23(29)27-25(32)28(24(21)30)19-8-3-2-4-9-19/h2-12,14-15H,13H2,1H3,(H,27,29,32)/b21-15-. The predicted octanol–water partition coefficient (Wildman–Crippen LogP) is 4.88. The minimum atomic E-state index is -0.519. The molecule has 0 spiro atoms. The van der Waals surface area contributed by atoms with Crippen LogP contribution in [0, 0.1) is 0 Å². The van der Waals surface area contributed by atoms with Crippen molar-refractivity contribution in [3.05, 3.63) is 99.5 Å². The Morgan fingerprint density at radius 3 is 2.44 bits per heavy atom. The van der Waals surface area contributed by atoms with E-state index in [0.717, 1.165) is 21.2 Å². The number of nitrogens with one attached hydrogen (secondary N) is 1. The summed E-state index contributed by atoms with van der Waals surface area (Å²) in [4.78, 5) is 27.3. The molecule has 3 aromatic rings. The number of nitrogens with zero attached hydrogens (tertiary/aromatic N) is 1. The number of anilines is 1. The molecule has 1 fully saturated rings. The summed E-state index contributed by atoms with van der Waals surface area (Å²) >= 11 is 8.85. The highest BCUT2D eigenvalue weighted by molar-refractivity contribution is 9.10. The van der Waals surface area contributed by atoms with Gasteiger partial charge >= 0.3 is 0 Å². The van der Waals surface area contributed by atoms with Crippen molar-refractivity contribution in [2.45, 2.75) is 6.42 Å². The highest BCUT2D eigenvalue weighted by Crippen LogP contribution is 2.28. The summed E-state index contributed by atoms with van der Waals surface area (Å²) in [6.07, 6.45) is 2.20. The SMILES string of the molecule is COc1ccc(/C=C2/C(=O)NC(=S)N(c3ccccc3)C2=O)c(Cc2ccccc2Br)c1. The van der Waals surface area contributed by atoms with E-state index < -0.39 is 11.8 Å². The summed E-state index contributed by atoms with van der Waals surface area (Å²) in [5.41, 5.74) is 3.36. The third kappa shape index (κ3) is 4.49. The Balaban J connectivity index is 1.76. The number of ether oxygens (including phenoxy) is 1. The second-order valence-corrected chi connectivity index (χ2v) is 8.37. The van der Waals surface area contributed by atoms with Gasteiger partial charge in [0.05, 0.1) is 12.8 Å². The highest BCUT2D eigenvalue weighted by Gasteiger charge is 2.34. The van der Waals surface area contributed by atoms with Crippen molar-refractivity contribution in [1.29, 1.82) is 0 Å². The van der Waals surface area contributed by atoms with Crippen molar-refractivity contribution >= 4 is 56.8 Å². The summed E-state index contributed by atoms with van der Waals surface area (Å²) < 4.78 is 6.38. The van der Waals surface area contributed by atoms with Crippen molar-refractivity contribution in [3.63, 3.8) is 0 Å². The molecule has 1 saturated heterocycles. The molecule has 0 unspecified atom stereocenters. The lowest BCUT2D eigenvalue weighted by Crippen LogP contribution is -2.54. The van der Waals surface area contributed by atoms with Crippen molar-refractivity contribution in [1.82, 2.24) is 5.32 Å². The van der Waals surface area contributed by atoms with Crippen LogP contribution >= 0.6 is 28.1 Å². The van der Waals surface area contributed by atoms with Crippen LogP contribution in [0.25, 0.3) is 6.08 Å². The van der Waals surface area contributed by atoms with Gasteiger partial charge in [-0.1, -0.05) is 58.4 Å². The van der Waals surface area contributed by atoms with E-state index in [4.69, 9.17) is 17.0 Å². The van der Waals surface area contributed by atoms with Crippen LogP contribution in [0.1, 0.15) is 16.7 Å². The lowest BCUT2D eigenvalue weighted by molar-refractivity contribution is -0.122. The quantitative estimate of drug-likeness (QED) is 0.304. The van der Waals surface area contributed by atoms with Gasteiger partial charge in [0.25, 0.3) is 11.8 Å². The summed E-state index contributed by atoms with van der Waals surface area (Å²) in [7, 11) is 1.60. The van der Waals surface area contributed by atoms with Gasteiger partial charge in [-0.25, -0.2) is 0 Å². The van der Waals surface area contributed by atoms with Crippen molar-refractivity contribution in [2.75, 3.05) is 12.0 Å². The molecule has 7 heteroatoms. The lowest BCUT2D eigenvalue weighted by atomic mass is 9.97. The lowest BCUT2D eigenvalue weighted by Gasteiger charge is -2.29. The minimum absolute atomic E-state index is 0.0148. The number of hydrogen-bond donors (Lipinski definition) is 1. The third-order valence-electron chi connectivity index (χ3n) is 5.10. The van der Waals surface area contributed by atoms with Crippen LogP contribution in [-0.2, 0) is 16.0 Å². The molecule has 4 rings (SSSR count). The van der Waals surface area contributed by atoms with Crippen LogP contribution in [0.5, 0.6) is 5.75 Å². The molecule has 1 N–H and O–H groups in total. The number of benzene rings is 3. The first-order valence-electron chi connectivity index (χ1n) is 9.85. The maximum absolute atomic E-state index is 13.3. The Bertz CT molecular complexity index is 1240. The van der Waals surface area contributed by atoms with E-state index in [1.165, 1.54) is 4.90 Å². The second kappa shape index (κ2) is 9.46. The van der Waals surface area contributed by atoms with Gasteiger partial charge < -0.3 is 4.74 Å². The van der Waals surface area contributed by atoms with Crippen molar-refractivity contribution in [3.8, 4) is 5.75 Å². The van der Waals surface area contributed by atoms with E-state index in [2.05, 4.69) is 21.2 Å². The van der Waals surface area contributed by atoms with E-state index in [-0.39, 0.29) is 10.7 Å². The fraction of sp³-hybridized carbons (Fsp3) is 0.0800. The van der Waals surface area contributed by atoms with Gasteiger partial charge in [-0.05, 0) is 71.7 Å². The molecule has 1 aliphatic heterocycles. The molecular formula is C25H19BrN2O3S. The van der Waals surface area contributed by atoms with Gasteiger partial charge in [0.15, 0.2) is 5.11 Å². The second-order valence-electron chi connectivity index (χ2n) is 7.13. The molecule has 160 valence electrons. The number of methoxy groups -OCH3 is 1. The minimum Gasteiger partial charge on any atom is -0.497 e. The number of para-hydroxylation sites is 1. The highest BCUT2D eigenvalue weighted by atomic mass is 79.9. The Hall–Kier alpha value is -3.29.